The van der Waals surface area contributed by atoms with Crippen molar-refractivity contribution in [3.05, 3.63) is 53.6 Å². The predicted octanol–water partition coefficient (Wildman–Crippen LogP) is 3.53. The fourth-order valence-corrected chi connectivity index (χ4v) is 2.85. The topological polar surface area (TPSA) is 55.6 Å². The quantitative estimate of drug-likeness (QED) is 0.882. The molecule has 0 radical (unpaired) electrons. The van der Waals surface area contributed by atoms with Gasteiger partial charge in [-0.3, -0.25) is 4.79 Å². The highest BCUT2D eigenvalue weighted by Crippen LogP contribution is 2.38. The number of rotatable bonds is 3. The van der Waals surface area contributed by atoms with Crippen molar-refractivity contribution in [1.82, 2.24) is 0 Å². The zero-order chi connectivity index (χ0) is 16.6. The van der Waals surface area contributed by atoms with Gasteiger partial charge < -0.3 is 15.4 Å². The third-order valence-electron chi connectivity index (χ3n) is 4.23. The first-order valence-corrected chi connectivity index (χ1v) is 7.89. The molecule has 1 heterocycles. The van der Waals surface area contributed by atoms with Gasteiger partial charge in [0, 0.05) is 11.8 Å². The van der Waals surface area contributed by atoms with Crippen molar-refractivity contribution in [3.8, 4) is 5.75 Å². The lowest BCUT2D eigenvalue weighted by molar-refractivity contribution is -0.128. The number of ether oxygens (including phenoxy) is 1. The number of hydrogen-bond donors (Lipinski definition) is 1. The third-order valence-corrected chi connectivity index (χ3v) is 4.23. The molecule has 1 aliphatic heterocycles. The predicted molar refractivity (Wildman–Crippen MR) is 92.5 cm³/mol. The Kier molecular flexibility index (Phi) is 3.99. The van der Waals surface area contributed by atoms with Crippen LogP contribution < -0.4 is 15.4 Å². The van der Waals surface area contributed by atoms with Crippen LogP contribution in [-0.4, -0.2) is 12.0 Å². The first kappa shape index (κ1) is 15.4. The van der Waals surface area contributed by atoms with Gasteiger partial charge in [0.2, 0.25) is 0 Å². The van der Waals surface area contributed by atoms with E-state index in [-0.39, 0.29) is 11.8 Å². The first-order chi connectivity index (χ1) is 11.0. The van der Waals surface area contributed by atoms with Gasteiger partial charge in [-0.25, -0.2) is 0 Å². The molecule has 120 valence electrons. The zero-order valence-electron chi connectivity index (χ0n) is 13.7. The summed E-state index contributed by atoms with van der Waals surface area (Å²) < 4.78 is 5.91. The Morgan fingerprint density at radius 1 is 1.22 bits per heavy atom. The van der Waals surface area contributed by atoms with E-state index >= 15 is 0 Å². The number of nitrogen functional groups attached to an aromatic ring is 1. The number of amides is 1. The van der Waals surface area contributed by atoms with Crippen LogP contribution in [0.15, 0.2) is 42.5 Å². The van der Waals surface area contributed by atoms with Crippen LogP contribution in [0.1, 0.15) is 25.0 Å². The highest BCUT2D eigenvalue weighted by molar-refractivity contribution is 6.00. The van der Waals surface area contributed by atoms with Gasteiger partial charge >= 0.3 is 0 Å². The molecule has 1 unspecified atom stereocenters. The molecular weight excluding hydrogens is 288 g/mol. The van der Waals surface area contributed by atoms with Crippen molar-refractivity contribution >= 4 is 17.3 Å². The number of aryl methyl sites for hydroxylation is 1. The molecule has 1 aliphatic rings. The number of carbonyl (C=O) groups is 1. The smallest absolute Gasteiger partial charge is 0.268 e. The molecule has 0 saturated carbocycles. The molecule has 2 aromatic carbocycles. The Morgan fingerprint density at radius 2 is 1.96 bits per heavy atom. The van der Waals surface area contributed by atoms with Gasteiger partial charge in [0.1, 0.15) is 5.75 Å². The molecule has 1 amide bonds. The van der Waals surface area contributed by atoms with Gasteiger partial charge in [0.05, 0.1) is 12.2 Å². The molecule has 0 aliphatic carbocycles. The molecule has 0 fully saturated rings. The lowest BCUT2D eigenvalue weighted by Crippen LogP contribution is -2.48. The number of nitrogens with two attached hydrogens (primary N) is 1. The second-order valence-electron chi connectivity index (χ2n) is 6.36. The number of fused-ring (bicyclic) bond motifs is 1. The molecule has 2 aromatic rings. The van der Waals surface area contributed by atoms with Gasteiger partial charge in [-0.05, 0) is 36.1 Å². The van der Waals surface area contributed by atoms with E-state index in [1.165, 1.54) is 5.56 Å². The maximum Gasteiger partial charge on any atom is 0.268 e. The number of anilines is 2. The summed E-state index contributed by atoms with van der Waals surface area (Å²) in [6.45, 7) is 6.58. The zero-order valence-corrected chi connectivity index (χ0v) is 13.7. The third kappa shape index (κ3) is 2.89. The number of benzene rings is 2. The Bertz CT molecular complexity index is 740. The summed E-state index contributed by atoms with van der Waals surface area (Å²) in [4.78, 5) is 14.7. The van der Waals surface area contributed by atoms with Crippen LogP contribution in [0.5, 0.6) is 5.75 Å². The summed E-state index contributed by atoms with van der Waals surface area (Å²) in [6, 6.07) is 13.6. The summed E-state index contributed by atoms with van der Waals surface area (Å²) in [7, 11) is 0. The molecule has 4 nitrogen and oxygen atoms in total. The average Bonchev–Trinajstić information content (AvgIpc) is 2.51. The van der Waals surface area contributed by atoms with E-state index in [9.17, 15) is 4.79 Å². The van der Waals surface area contributed by atoms with E-state index in [0.717, 1.165) is 11.3 Å². The van der Waals surface area contributed by atoms with Crippen molar-refractivity contribution in [3.63, 3.8) is 0 Å². The van der Waals surface area contributed by atoms with E-state index in [2.05, 4.69) is 19.1 Å². The van der Waals surface area contributed by atoms with Crippen LogP contribution in [0.4, 0.5) is 11.4 Å². The van der Waals surface area contributed by atoms with Crippen LogP contribution in [0.3, 0.4) is 0 Å². The summed E-state index contributed by atoms with van der Waals surface area (Å²) in [5.74, 6) is 0.772. The Labute approximate surface area is 136 Å². The monoisotopic (exact) mass is 310 g/mol. The van der Waals surface area contributed by atoms with E-state index in [4.69, 9.17) is 10.5 Å². The first-order valence-electron chi connectivity index (χ1n) is 7.89. The minimum absolute atomic E-state index is 0.000486. The summed E-state index contributed by atoms with van der Waals surface area (Å²) in [5.41, 5.74) is 9.60. The van der Waals surface area contributed by atoms with Gasteiger partial charge in [-0.1, -0.05) is 38.1 Å². The molecule has 0 spiro atoms. The van der Waals surface area contributed by atoms with Crippen molar-refractivity contribution in [2.24, 2.45) is 5.92 Å². The molecule has 4 heteroatoms. The lowest BCUT2D eigenvalue weighted by atomic mass is 10.0. The number of nitrogens with zero attached hydrogens (tertiary/aromatic N) is 1. The fraction of sp³-hybridized carbons (Fsp3) is 0.316. The highest BCUT2D eigenvalue weighted by atomic mass is 16.5. The van der Waals surface area contributed by atoms with Crippen molar-refractivity contribution in [2.45, 2.75) is 33.4 Å². The van der Waals surface area contributed by atoms with Gasteiger partial charge in [-0.2, -0.15) is 0 Å². The van der Waals surface area contributed by atoms with Crippen LogP contribution >= 0.6 is 0 Å². The number of hydrogen-bond acceptors (Lipinski definition) is 3. The maximum atomic E-state index is 12.9. The minimum Gasteiger partial charge on any atom is -0.478 e. The largest absolute Gasteiger partial charge is 0.478 e. The van der Waals surface area contributed by atoms with E-state index < -0.39 is 6.10 Å². The van der Waals surface area contributed by atoms with Crippen molar-refractivity contribution in [2.75, 3.05) is 10.6 Å². The van der Waals surface area contributed by atoms with E-state index in [0.29, 0.717) is 18.0 Å². The van der Waals surface area contributed by atoms with Crippen LogP contribution in [0.25, 0.3) is 0 Å². The Balaban J connectivity index is 2.03. The normalized spacial score (nSPS) is 17.1. The number of carbonyl (C=O) groups excluding carboxylic acids is 1. The maximum absolute atomic E-state index is 12.9. The minimum atomic E-state index is -0.478. The molecule has 2 N–H and O–H groups in total. The van der Waals surface area contributed by atoms with Crippen LogP contribution in [0.2, 0.25) is 0 Å². The molecule has 23 heavy (non-hydrogen) atoms. The highest BCUT2D eigenvalue weighted by Gasteiger charge is 2.36. The van der Waals surface area contributed by atoms with Gasteiger partial charge in [0.25, 0.3) is 5.91 Å². The van der Waals surface area contributed by atoms with E-state index in [1.807, 2.05) is 36.9 Å². The second kappa shape index (κ2) is 5.95. The Morgan fingerprint density at radius 3 is 2.65 bits per heavy atom. The Hall–Kier alpha value is -2.49. The molecule has 0 bridgehead atoms. The van der Waals surface area contributed by atoms with Gasteiger partial charge in [-0.15, -0.1) is 0 Å². The molecular formula is C19H22N2O2. The lowest BCUT2D eigenvalue weighted by Gasteiger charge is -2.36. The molecule has 3 rings (SSSR count). The molecule has 1 atom stereocenters. The summed E-state index contributed by atoms with van der Waals surface area (Å²) in [6.07, 6.45) is -0.478. The van der Waals surface area contributed by atoms with Crippen LogP contribution in [-0.2, 0) is 11.3 Å². The fourth-order valence-electron chi connectivity index (χ4n) is 2.85. The summed E-state index contributed by atoms with van der Waals surface area (Å²) >= 11 is 0. The van der Waals surface area contributed by atoms with Crippen molar-refractivity contribution in [1.29, 1.82) is 0 Å². The molecule has 0 aromatic heterocycles. The summed E-state index contributed by atoms with van der Waals surface area (Å²) in [5, 5.41) is 0. The average molecular weight is 310 g/mol. The van der Waals surface area contributed by atoms with Crippen molar-refractivity contribution < 1.29 is 9.53 Å². The standard InChI is InChI=1S/C19H22N2O2/c1-12(2)18-19(22)21(11-14-7-5-4-6-13(14)3)16-9-8-15(20)10-17(16)23-18/h4-10,12,18H,11,20H2,1-3H3. The SMILES string of the molecule is Cc1ccccc1CN1C(=O)C(C(C)C)Oc2cc(N)ccc21. The molecule has 0 saturated heterocycles. The van der Waals surface area contributed by atoms with Gasteiger partial charge in [0.15, 0.2) is 6.10 Å². The second-order valence-corrected chi connectivity index (χ2v) is 6.36. The van der Waals surface area contributed by atoms with E-state index in [1.54, 1.807) is 12.1 Å². The van der Waals surface area contributed by atoms with Crippen LogP contribution in [0, 0.1) is 12.8 Å².